The lowest BCUT2D eigenvalue weighted by atomic mass is 10.1. The Hall–Kier alpha value is -1.87. The molecule has 0 aliphatic carbocycles. The van der Waals surface area contributed by atoms with Crippen LogP contribution in [0.2, 0.25) is 0 Å². The highest BCUT2D eigenvalue weighted by Gasteiger charge is 2.07. The molecule has 0 saturated heterocycles. The average molecular weight is 255 g/mol. The van der Waals surface area contributed by atoms with Crippen molar-refractivity contribution in [3.05, 3.63) is 59.9 Å². The summed E-state index contributed by atoms with van der Waals surface area (Å²) >= 11 is 0. The van der Waals surface area contributed by atoms with Gasteiger partial charge in [0.25, 0.3) is 0 Å². The molecule has 0 atom stereocenters. The van der Waals surface area contributed by atoms with Crippen LogP contribution < -0.4 is 10.2 Å². The largest absolute Gasteiger partial charge is 0.368 e. The molecule has 100 valence electrons. The Morgan fingerprint density at radius 2 is 1.89 bits per heavy atom. The second kappa shape index (κ2) is 6.90. The number of benzene rings is 1. The van der Waals surface area contributed by atoms with Crippen LogP contribution in [-0.4, -0.2) is 18.6 Å². The van der Waals surface area contributed by atoms with Crippen molar-refractivity contribution >= 4 is 5.69 Å². The number of anilines is 1. The lowest BCUT2D eigenvalue weighted by Gasteiger charge is -2.22. The van der Waals surface area contributed by atoms with Crippen LogP contribution in [0.1, 0.15) is 18.2 Å². The quantitative estimate of drug-likeness (QED) is 0.860. The second-order valence-electron chi connectivity index (χ2n) is 4.59. The van der Waals surface area contributed by atoms with Crippen LogP contribution in [-0.2, 0) is 13.1 Å². The Labute approximate surface area is 115 Å². The molecule has 1 aromatic heterocycles. The molecule has 1 aromatic carbocycles. The molecule has 1 heterocycles. The summed E-state index contributed by atoms with van der Waals surface area (Å²) < 4.78 is 0. The van der Waals surface area contributed by atoms with E-state index in [1.54, 1.807) is 0 Å². The predicted octanol–water partition coefficient (Wildman–Crippen LogP) is 2.83. The summed E-state index contributed by atoms with van der Waals surface area (Å²) in [7, 11) is 2.11. The Bertz CT molecular complexity index is 496. The van der Waals surface area contributed by atoms with E-state index >= 15 is 0 Å². The van der Waals surface area contributed by atoms with Gasteiger partial charge in [-0.15, -0.1) is 0 Å². The number of nitrogens with zero attached hydrogens (tertiary/aromatic N) is 2. The number of hydrogen-bond donors (Lipinski definition) is 1. The van der Waals surface area contributed by atoms with Gasteiger partial charge in [-0.2, -0.15) is 0 Å². The molecule has 3 nitrogen and oxygen atoms in total. The number of para-hydroxylation sites is 1. The lowest BCUT2D eigenvalue weighted by Crippen LogP contribution is -2.21. The fraction of sp³-hybridized carbons (Fsp3) is 0.312. The van der Waals surface area contributed by atoms with E-state index in [0.29, 0.717) is 0 Å². The molecule has 2 aromatic rings. The summed E-state index contributed by atoms with van der Waals surface area (Å²) in [5.41, 5.74) is 3.67. The van der Waals surface area contributed by atoms with Crippen molar-refractivity contribution in [2.24, 2.45) is 0 Å². The summed E-state index contributed by atoms with van der Waals surface area (Å²) in [5, 5.41) is 3.38. The molecular weight excluding hydrogens is 234 g/mol. The van der Waals surface area contributed by atoms with Crippen LogP contribution in [0.5, 0.6) is 0 Å². The van der Waals surface area contributed by atoms with E-state index < -0.39 is 0 Å². The molecule has 0 radical (unpaired) electrons. The van der Waals surface area contributed by atoms with Gasteiger partial charge in [0.2, 0.25) is 0 Å². The Kier molecular flexibility index (Phi) is 4.93. The van der Waals surface area contributed by atoms with Gasteiger partial charge >= 0.3 is 0 Å². The Morgan fingerprint density at radius 3 is 2.63 bits per heavy atom. The molecule has 0 amide bonds. The molecule has 0 saturated carbocycles. The third kappa shape index (κ3) is 3.80. The summed E-state index contributed by atoms with van der Waals surface area (Å²) in [4.78, 5) is 6.62. The lowest BCUT2D eigenvalue weighted by molar-refractivity contribution is 0.722. The van der Waals surface area contributed by atoms with Crippen LogP contribution in [0, 0.1) is 0 Å². The minimum atomic E-state index is 0.823. The van der Waals surface area contributed by atoms with Gasteiger partial charge in [0.1, 0.15) is 0 Å². The van der Waals surface area contributed by atoms with E-state index in [4.69, 9.17) is 0 Å². The highest BCUT2D eigenvalue weighted by molar-refractivity contribution is 5.53. The van der Waals surface area contributed by atoms with Gasteiger partial charge in [-0.1, -0.05) is 31.2 Å². The van der Waals surface area contributed by atoms with Crippen LogP contribution in [0.25, 0.3) is 0 Å². The number of pyridine rings is 1. The van der Waals surface area contributed by atoms with E-state index in [0.717, 1.165) is 25.3 Å². The van der Waals surface area contributed by atoms with Crippen molar-refractivity contribution in [1.29, 1.82) is 0 Å². The molecule has 0 spiro atoms. The molecule has 19 heavy (non-hydrogen) atoms. The summed E-state index contributed by atoms with van der Waals surface area (Å²) in [6, 6.07) is 14.5. The van der Waals surface area contributed by atoms with Crippen molar-refractivity contribution in [3.8, 4) is 0 Å². The van der Waals surface area contributed by atoms with E-state index in [2.05, 4.69) is 59.5 Å². The maximum atomic E-state index is 4.38. The molecule has 0 aliphatic rings. The van der Waals surface area contributed by atoms with Gasteiger partial charge in [0.15, 0.2) is 0 Å². The van der Waals surface area contributed by atoms with E-state index in [1.807, 2.05) is 18.3 Å². The standard InChI is InChI=1S/C16H21N3/c1-3-17-12-14-8-4-5-10-16(14)19(2)13-15-9-6-7-11-18-15/h4-11,17H,3,12-13H2,1-2H3. The smallest absolute Gasteiger partial charge is 0.0598 e. The third-order valence-electron chi connectivity index (χ3n) is 3.09. The molecular formula is C16H21N3. The van der Waals surface area contributed by atoms with Gasteiger partial charge in [-0.05, 0) is 30.3 Å². The predicted molar refractivity (Wildman–Crippen MR) is 80.2 cm³/mol. The van der Waals surface area contributed by atoms with E-state index in [9.17, 15) is 0 Å². The van der Waals surface area contributed by atoms with Crippen molar-refractivity contribution in [2.45, 2.75) is 20.0 Å². The van der Waals surface area contributed by atoms with Crippen LogP contribution in [0.4, 0.5) is 5.69 Å². The number of hydrogen-bond acceptors (Lipinski definition) is 3. The zero-order chi connectivity index (χ0) is 13.5. The minimum Gasteiger partial charge on any atom is -0.368 e. The Morgan fingerprint density at radius 1 is 1.11 bits per heavy atom. The minimum absolute atomic E-state index is 0.823. The van der Waals surface area contributed by atoms with Gasteiger partial charge < -0.3 is 10.2 Å². The van der Waals surface area contributed by atoms with Crippen molar-refractivity contribution < 1.29 is 0 Å². The number of aromatic nitrogens is 1. The van der Waals surface area contributed by atoms with Crippen molar-refractivity contribution in [3.63, 3.8) is 0 Å². The maximum absolute atomic E-state index is 4.38. The van der Waals surface area contributed by atoms with Crippen LogP contribution >= 0.6 is 0 Å². The molecule has 0 aliphatic heterocycles. The first-order valence-electron chi connectivity index (χ1n) is 6.71. The highest BCUT2D eigenvalue weighted by Crippen LogP contribution is 2.20. The van der Waals surface area contributed by atoms with Crippen LogP contribution in [0.15, 0.2) is 48.7 Å². The second-order valence-corrected chi connectivity index (χ2v) is 4.59. The molecule has 0 unspecified atom stereocenters. The first-order chi connectivity index (χ1) is 9.31. The van der Waals surface area contributed by atoms with Crippen molar-refractivity contribution in [1.82, 2.24) is 10.3 Å². The Balaban J connectivity index is 2.12. The molecule has 0 fully saturated rings. The normalized spacial score (nSPS) is 10.4. The zero-order valence-electron chi connectivity index (χ0n) is 11.6. The van der Waals surface area contributed by atoms with Crippen molar-refractivity contribution in [2.75, 3.05) is 18.5 Å². The maximum Gasteiger partial charge on any atom is 0.0598 e. The third-order valence-corrected chi connectivity index (χ3v) is 3.09. The van der Waals surface area contributed by atoms with Gasteiger partial charge in [0.05, 0.1) is 12.2 Å². The van der Waals surface area contributed by atoms with Gasteiger partial charge in [-0.3, -0.25) is 4.98 Å². The molecule has 1 N–H and O–H groups in total. The monoisotopic (exact) mass is 255 g/mol. The molecule has 3 heteroatoms. The first kappa shape index (κ1) is 13.6. The topological polar surface area (TPSA) is 28.2 Å². The summed E-state index contributed by atoms with van der Waals surface area (Å²) in [5.74, 6) is 0. The highest BCUT2D eigenvalue weighted by atomic mass is 15.1. The summed E-state index contributed by atoms with van der Waals surface area (Å²) in [6.45, 7) is 4.84. The number of rotatable bonds is 6. The van der Waals surface area contributed by atoms with Gasteiger partial charge in [-0.25, -0.2) is 0 Å². The summed E-state index contributed by atoms with van der Waals surface area (Å²) in [6.07, 6.45) is 1.84. The van der Waals surface area contributed by atoms with Gasteiger partial charge in [0, 0.05) is 25.5 Å². The fourth-order valence-corrected chi connectivity index (χ4v) is 2.11. The first-order valence-corrected chi connectivity index (χ1v) is 6.71. The zero-order valence-corrected chi connectivity index (χ0v) is 11.6. The van der Waals surface area contributed by atoms with E-state index in [1.165, 1.54) is 11.3 Å². The molecule has 2 rings (SSSR count). The average Bonchev–Trinajstić information content (AvgIpc) is 2.46. The number of nitrogens with one attached hydrogen (secondary N) is 1. The fourth-order valence-electron chi connectivity index (χ4n) is 2.11. The SMILES string of the molecule is CCNCc1ccccc1N(C)Cc1ccccn1. The van der Waals surface area contributed by atoms with E-state index in [-0.39, 0.29) is 0 Å². The molecule has 0 bridgehead atoms. The van der Waals surface area contributed by atoms with Crippen LogP contribution in [0.3, 0.4) is 0 Å².